The summed E-state index contributed by atoms with van der Waals surface area (Å²) in [6.45, 7) is 0.886. The second-order valence-corrected chi connectivity index (χ2v) is 5.78. The van der Waals surface area contributed by atoms with Crippen LogP contribution in [0, 0.1) is 0 Å². The van der Waals surface area contributed by atoms with Gasteiger partial charge in [-0.05, 0) is 60.3 Å². The second kappa shape index (κ2) is 5.66. The number of pyridine rings is 1. The number of hydrogen-bond acceptors (Lipinski definition) is 5. The number of methoxy groups -OCH3 is 1. The summed E-state index contributed by atoms with van der Waals surface area (Å²) in [5.74, 6) is 1.68. The molecule has 4 rings (SSSR count). The summed E-state index contributed by atoms with van der Waals surface area (Å²) in [5, 5.41) is 1.12. The summed E-state index contributed by atoms with van der Waals surface area (Å²) in [4.78, 5) is 15.2. The van der Waals surface area contributed by atoms with Gasteiger partial charge in [-0.1, -0.05) is 0 Å². The Morgan fingerprint density at radius 2 is 2.13 bits per heavy atom. The molecule has 0 atom stereocenters. The topological polar surface area (TPSA) is 51.1 Å². The van der Waals surface area contributed by atoms with Gasteiger partial charge in [0.2, 0.25) is 5.28 Å². The molecule has 2 aromatic heterocycles. The van der Waals surface area contributed by atoms with Gasteiger partial charge in [-0.3, -0.25) is 0 Å². The van der Waals surface area contributed by atoms with E-state index in [1.165, 1.54) is 5.56 Å². The highest BCUT2D eigenvalue weighted by Crippen LogP contribution is 2.37. The Morgan fingerprint density at radius 3 is 3.00 bits per heavy atom. The molecule has 0 amide bonds. The third-order valence-corrected chi connectivity index (χ3v) is 4.25. The molecule has 3 heterocycles. The molecule has 0 aliphatic carbocycles. The molecule has 0 fully saturated rings. The molecule has 1 aliphatic rings. The Kier molecular flexibility index (Phi) is 3.50. The van der Waals surface area contributed by atoms with Crippen LogP contribution in [0.3, 0.4) is 0 Å². The molecule has 0 N–H and O–H groups in total. The first-order valence-corrected chi connectivity index (χ1v) is 7.87. The second-order valence-electron chi connectivity index (χ2n) is 5.44. The fraction of sp³-hybridized carbons (Fsp3) is 0.235. The van der Waals surface area contributed by atoms with E-state index in [0.717, 1.165) is 42.0 Å². The smallest absolute Gasteiger partial charge is 0.226 e. The van der Waals surface area contributed by atoms with Crippen LogP contribution in [0.15, 0.2) is 36.5 Å². The Balaban J connectivity index is 1.90. The zero-order chi connectivity index (χ0) is 15.8. The highest BCUT2D eigenvalue weighted by Gasteiger charge is 2.22. The molecule has 0 saturated heterocycles. The molecule has 23 heavy (non-hydrogen) atoms. The Morgan fingerprint density at radius 1 is 1.22 bits per heavy atom. The van der Waals surface area contributed by atoms with Gasteiger partial charge < -0.3 is 9.64 Å². The molecular formula is C17H15ClN4O. The van der Waals surface area contributed by atoms with Gasteiger partial charge >= 0.3 is 0 Å². The van der Waals surface area contributed by atoms with Crippen molar-refractivity contribution >= 4 is 34.1 Å². The van der Waals surface area contributed by atoms with E-state index >= 15 is 0 Å². The standard InChI is InChI=1S/C17H15ClN4O/c1-23-12-6-7-14-11(10-12)4-3-9-22(14)16-13-5-2-8-19-15(13)20-17(18)21-16/h2,5-8,10H,3-4,9H2,1H3. The first-order valence-electron chi connectivity index (χ1n) is 7.49. The summed E-state index contributed by atoms with van der Waals surface area (Å²) in [5.41, 5.74) is 3.00. The summed E-state index contributed by atoms with van der Waals surface area (Å²) in [6.07, 6.45) is 3.78. The van der Waals surface area contributed by atoms with Crippen molar-refractivity contribution in [2.24, 2.45) is 0 Å². The Hall–Kier alpha value is -2.40. The van der Waals surface area contributed by atoms with E-state index in [9.17, 15) is 0 Å². The average Bonchev–Trinajstić information content (AvgIpc) is 2.60. The lowest BCUT2D eigenvalue weighted by Gasteiger charge is -2.31. The van der Waals surface area contributed by atoms with E-state index in [1.807, 2.05) is 18.2 Å². The number of benzene rings is 1. The maximum absolute atomic E-state index is 6.11. The summed E-state index contributed by atoms with van der Waals surface area (Å²) < 4.78 is 5.34. The molecule has 0 saturated carbocycles. The third-order valence-electron chi connectivity index (χ3n) is 4.08. The van der Waals surface area contributed by atoms with Crippen LogP contribution >= 0.6 is 11.6 Å². The molecule has 5 nitrogen and oxygen atoms in total. The van der Waals surface area contributed by atoms with E-state index in [1.54, 1.807) is 13.3 Å². The number of aryl methyl sites for hydroxylation is 1. The lowest BCUT2D eigenvalue weighted by Crippen LogP contribution is -2.25. The third kappa shape index (κ3) is 2.47. The van der Waals surface area contributed by atoms with E-state index < -0.39 is 0 Å². The van der Waals surface area contributed by atoms with Gasteiger partial charge in [0, 0.05) is 18.4 Å². The largest absolute Gasteiger partial charge is 0.497 e. The van der Waals surface area contributed by atoms with E-state index in [4.69, 9.17) is 16.3 Å². The molecule has 0 unspecified atom stereocenters. The van der Waals surface area contributed by atoms with E-state index in [0.29, 0.717) is 5.65 Å². The summed E-state index contributed by atoms with van der Waals surface area (Å²) in [7, 11) is 1.69. The molecular weight excluding hydrogens is 312 g/mol. The van der Waals surface area contributed by atoms with Crippen molar-refractivity contribution in [2.75, 3.05) is 18.6 Å². The van der Waals surface area contributed by atoms with Gasteiger partial charge in [0.1, 0.15) is 11.6 Å². The number of fused-ring (bicyclic) bond motifs is 2. The molecule has 3 aromatic rings. The molecule has 116 valence electrons. The number of rotatable bonds is 2. The molecule has 0 radical (unpaired) electrons. The minimum Gasteiger partial charge on any atom is -0.497 e. The zero-order valence-electron chi connectivity index (χ0n) is 12.7. The Bertz CT molecular complexity index is 884. The van der Waals surface area contributed by atoms with Crippen LogP contribution in [-0.2, 0) is 6.42 Å². The van der Waals surface area contributed by atoms with Gasteiger partial charge in [0.15, 0.2) is 5.65 Å². The maximum atomic E-state index is 6.11. The summed E-state index contributed by atoms with van der Waals surface area (Å²) in [6, 6.07) is 10.0. The number of aromatic nitrogens is 3. The van der Waals surface area contributed by atoms with Crippen molar-refractivity contribution in [3.8, 4) is 5.75 Å². The number of nitrogens with zero attached hydrogens (tertiary/aromatic N) is 4. The molecule has 0 spiro atoms. The first kappa shape index (κ1) is 14.2. The van der Waals surface area contributed by atoms with Gasteiger partial charge in [-0.15, -0.1) is 0 Å². The predicted octanol–water partition coefficient (Wildman–Crippen LogP) is 3.77. The van der Waals surface area contributed by atoms with Crippen LogP contribution in [0.5, 0.6) is 5.75 Å². The van der Waals surface area contributed by atoms with Crippen LogP contribution in [0.1, 0.15) is 12.0 Å². The SMILES string of the molecule is COc1ccc2c(c1)CCCN2c1nc(Cl)nc2ncccc12. The van der Waals surface area contributed by atoms with Crippen LogP contribution < -0.4 is 9.64 Å². The van der Waals surface area contributed by atoms with Crippen molar-refractivity contribution in [3.05, 3.63) is 47.4 Å². The van der Waals surface area contributed by atoms with Crippen LogP contribution in [-0.4, -0.2) is 28.6 Å². The highest BCUT2D eigenvalue weighted by molar-refractivity contribution is 6.28. The Labute approximate surface area is 138 Å². The fourth-order valence-electron chi connectivity index (χ4n) is 3.05. The minimum atomic E-state index is 0.215. The van der Waals surface area contributed by atoms with Crippen LogP contribution in [0.2, 0.25) is 5.28 Å². The molecule has 6 heteroatoms. The average molecular weight is 327 g/mol. The molecule has 0 bridgehead atoms. The molecule has 1 aromatic carbocycles. The zero-order valence-corrected chi connectivity index (χ0v) is 13.4. The van der Waals surface area contributed by atoms with E-state index in [2.05, 4.69) is 32.0 Å². The van der Waals surface area contributed by atoms with Crippen molar-refractivity contribution < 1.29 is 4.74 Å². The number of anilines is 2. The first-order chi connectivity index (χ1) is 11.3. The van der Waals surface area contributed by atoms with Gasteiger partial charge in [-0.25, -0.2) is 4.98 Å². The maximum Gasteiger partial charge on any atom is 0.226 e. The highest BCUT2D eigenvalue weighted by atomic mass is 35.5. The van der Waals surface area contributed by atoms with Crippen LogP contribution in [0.4, 0.5) is 11.5 Å². The number of halogens is 1. The van der Waals surface area contributed by atoms with Crippen molar-refractivity contribution in [2.45, 2.75) is 12.8 Å². The normalized spacial score (nSPS) is 13.9. The van der Waals surface area contributed by atoms with E-state index in [-0.39, 0.29) is 5.28 Å². The minimum absolute atomic E-state index is 0.215. The number of ether oxygens (including phenoxy) is 1. The monoisotopic (exact) mass is 326 g/mol. The molecule has 1 aliphatic heterocycles. The predicted molar refractivity (Wildman–Crippen MR) is 90.7 cm³/mol. The van der Waals surface area contributed by atoms with Crippen molar-refractivity contribution in [3.63, 3.8) is 0 Å². The lowest BCUT2D eigenvalue weighted by molar-refractivity contribution is 0.414. The van der Waals surface area contributed by atoms with Crippen molar-refractivity contribution in [1.82, 2.24) is 15.0 Å². The lowest BCUT2D eigenvalue weighted by atomic mass is 10.0. The van der Waals surface area contributed by atoms with Crippen molar-refractivity contribution in [1.29, 1.82) is 0 Å². The number of hydrogen-bond donors (Lipinski definition) is 0. The van der Waals surface area contributed by atoms with Gasteiger partial charge in [-0.2, -0.15) is 9.97 Å². The van der Waals surface area contributed by atoms with Gasteiger partial charge in [0.05, 0.1) is 12.5 Å². The fourth-order valence-corrected chi connectivity index (χ4v) is 3.21. The van der Waals surface area contributed by atoms with Crippen LogP contribution in [0.25, 0.3) is 11.0 Å². The summed E-state index contributed by atoms with van der Waals surface area (Å²) >= 11 is 6.11. The quantitative estimate of drug-likeness (QED) is 0.671. The van der Waals surface area contributed by atoms with Gasteiger partial charge in [0.25, 0.3) is 0 Å².